The van der Waals surface area contributed by atoms with Crippen molar-refractivity contribution in [2.24, 2.45) is 17.8 Å². The quantitative estimate of drug-likeness (QED) is 0.792. The molecule has 86 valence electrons. The first-order valence-electron chi connectivity index (χ1n) is 5.53. The van der Waals surface area contributed by atoms with Crippen LogP contribution in [0.3, 0.4) is 0 Å². The van der Waals surface area contributed by atoms with Gasteiger partial charge in [0.15, 0.2) is 0 Å². The molecule has 3 rings (SSSR count). The molecule has 2 aliphatic rings. The number of aromatic nitrogens is 3. The highest BCUT2D eigenvalue weighted by molar-refractivity contribution is 5.91. The van der Waals surface area contributed by atoms with Crippen LogP contribution in [0, 0.1) is 17.8 Å². The van der Waals surface area contributed by atoms with Crippen molar-refractivity contribution in [3.8, 4) is 6.01 Å². The van der Waals surface area contributed by atoms with Crippen LogP contribution in [0.1, 0.15) is 19.3 Å². The van der Waals surface area contributed by atoms with Crippen LogP contribution in [0.2, 0.25) is 0 Å². The summed E-state index contributed by atoms with van der Waals surface area (Å²) in [6, 6.07) is 0.240. The van der Waals surface area contributed by atoms with Crippen molar-refractivity contribution in [3.05, 3.63) is 0 Å². The molecular weight excluding hydrogens is 208 g/mol. The average Bonchev–Trinajstić information content (AvgIpc) is 2.74. The van der Waals surface area contributed by atoms with Crippen molar-refractivity contribution in [2.45, 2.75) is 19.3 Å². The second-order valence-corrected chi connectivity index (χ2v) is 4.58. The van der Waals surface area contributed by atoms with Crippen LogP contribution in [0.25, 0.3) is 0 Å². The summed E-state index contributed by atoms with van der Waals surface area (Å²) in [5, 5.41) is 9.11. The molecule has 1 heterocycles. The second-order valence-electron chi connectivity index (χ2n) is 4.58. The SMILES string of the molecule is COc1n[nH]c(NC(=O)C2CC3CC3C2)n1. The highest BCUT2D eigenvalue weighted by Crippen LogP contribution is 2.54. The maximum absolute atomic E-state index is 11.8. The first-order chi connectivity index (χ1) is 7.76. The Morgan fingerprint density at radius 1 is 1.44 bits per heavy atom. The Hall–Kier alpha value is -1.59. The number of carbonyl (C=O) groups is 1. The van der Waals surface area contributed by atoms with Gasteiger partial charge in [-0.25, -0.2) is 5.10 Å². The topological polar surface area (TPSA) is 79.9 Å². The van der Waals surface area contributed by atoms with Gasteiger partial charge in [-0.2, -0.15) is 4.98 Å². The molecule has 2 unspecified atom stereocenters. The molecule has 1 amide bonds. The number of hydrogen-bond donors (Lipinski definition) is 2. The molecule has 0 aliphatic heterocycles. The van der Waals surface area contributed by atoms with Crippen molar-refractivity contribution in [1.82, 2.24) is 15.2 Å². The molecule has 1 aromatic heterocycles. The molecule has 6 heteroatoms. The summed E-state index contributed by atoms with van der Waals surface area (Å²) >= 11 is 0. The van der Waals surface area contributed by atoms with Gasteiger partial charge in [0.2, 0.25) is 11.9 Å². The number of anilines is 1. The fourth-order valence-corrected chi connectivity index (χ4v) is 2.54. The Labute approximate surface area is 92.8 Å². The third-order valence-electron chi connectivity index (χ3n) is 3.50. The van der Waals surface area contributed by atoms with Crippen molar-refractivity contribution in [1.29, 1.82) is 0 Å². The first kappa shape index (κ1) is 9.62. The molecule has 6 nitrogen and oxygen atoms in total. The monoisotopic (exact) mass is 222 g/mol. The van der Waals surface area contributed by atoms with E-state index < -0.39 is 0 Å². The average molecular weight is 222 g/mol. The number of hydrogen-bond acceptors (Lipinski definition) is 4. The molecular formula is C10H14N4O2. The lowest BCUT2D eigenvalue weighted by Crippen LogP contribution is -2.22. The van der Waals surface area contributed by atoms with E-state index in [1.807, 2.05) is 0 Å². The predicted molar refractivity (Wildman–Crippen MR) is 55.9 cm³/mol. The fraction of sp³-hybridized carbons (Fsp3) is 0.700. The summed E-state index contributed by atoms with van der Waals surface area (Å²) < 4.78 is 4.82. The van der Waals surface area contributed by atoms with Crippen molar-refractivity contribution in [3.63, 3.8) is 0 Å². The maximum atomic E-state index is 11.8. The zero-order valence-electron chi connectivity index (χ0n) is 9.06. The van der Waals surface area contributed by atoms with E-state index >= 15 is 0 Å². The molecule has 0 radical (unpaired) electrons. The van der Waals surface area contributed by atoms with Gasteiger partial charge < -0.3 is 4.74 Å². The van der Waals surface area contributed by atoms with E-state index in [2.05, 4.69) is 20.5 Å². The van der Waals surface area contributed by atoms with Gasteiger partial charge in [0.05, 0.1) is 7.11 Å². The van der Waals surface area contributed by atoms with Gasteiger partial charge in [0.1, 0.15) is 0 Å². The van der Waals surface area contributed by atoms with Crippen LogP contribution < -0.4 is 10.1 Å². The fourth-order valence-electron chi connectivity index (χ4n) is 2.54. The molecule has 0 saturated heterocycles. The minimum atomic E-state index is 0.0472. The van der Waals surface area contributed by atoms with E-state index in [0.717, 1.165) is 24.7 Å². The van der Waals surface area contributed by atoms with E-state index in [1.54, 1.807) is 0 Å². The third kappa shape index (κ3) is 1.64. The Bertz CT molecular complexity index is 407. The number of nitrogens with one attached hydrogen (secondary N) is 2. The maximum Gasteiger partial charge on any atom is 0.336 e. The molecule has 2 fully saturated rings. The smallest absolute Gasteiger partial charge is 0.336 e. The van der Waals surface area contributed by atoms with Gasteiger partial charge in [0.25, 0.3) is 0 Å². The largest absolute Gasteiger partial charge is 0.466 e. The summed E-state index contributed by atoms with van der Waals surface area (Å²) in [4.78, 5) is 15.8. The minimum absolute atomic E-state index is 0.0472. The predicted octanol–water partition coefficient (Wildman–Crippen LogP) is 0.798. The van der Waals surface area contributed by atoms with Crippen LogP contribution in [0.4, 0.5) is 5.95 Å². The van der Waals surface area contributed by atoms with Gasteiger partial charge in [-0.1, -0.05) is 0 Å². The molecule has 0 spiro atoms. The second kappa shape index (κ2) is 3.47. The Morgan fingerprint density at radius 3 is 2.81 bits per heavy atom. The lowest BCUT2D eigenvalue weighted by atomic mass is 10.0. The van der Waals surface area contributed by atoms with Crippen LogP contribution >= 0.6 is 0 Å². The standard InChI is InChI=1S/C10H14N4O2/c1-16-10-12-9(13-14-10)11-8(15)7-3-5-2-6(5)4-7/h5-7H,2-4H2,1H3,(H2,11,12,13,14,15). The normalized spacial score (nSPS) is 30.9. The van der Waals surface area contributed by atoms with Gasteiger partial charge in [0, 0.05) is 5.92 Å². The van der Waals surface area contributed by atoms with Crippen LogP contribution in [0.5, 0.6) is 6.01 Å². The molecule has 2 aliphatic carbocycles. The van der Waals surface area contributed by atoms with Crippen molar-refractivity contribution < 1.29 is 9.53 Å². The molecule has 0 aromatic carbocycles. The zero-order chi connectivity index (χ0) is 11.1. The van der Waals surface area contributed by atoms with Gasteiger partial charge >= 0.3 is 6.01 Å². The Morgan fingerprint density at radius 2 is 2.19 bits per heavy atom. The molecule has 2 atom stereocenters. The van der Waals surface area contributed by atoms with Crippen molar-refractivity contribution in [2.75, 3.05) is 12.4 Å². The summed E-state index contributed by atoms with van der Waals surface area (Å²) in [5.74, 6) is 2.17. The summed E-state index contributed by atoms with van der Waals surface area (Å²) in [7, 11) is 1.49. The number of H-pyrrole nitrogens is 1. The third-order valence-corrected chi connectivity index (χ3v) is 3.50. The van der Waals surface area contributed by atoms with Crippen LogP contribution in [-0.4, -0.2) is 28.2 Å². The van der Waals surface area contributed by atoms with Crippen molar-refractivity contribution >= 4 is 11.9 Å². The highest BCUT2D eigenvalue weighted by atomic mass is 16.5. The van der Waals surface area contributed by atoms with E-state index in [1.165, 1.54) is 13.5 Å². The molecule has 2 N–H and O–H groups in total. The Kier molecular flexibility index (Phi) is 2.08. The van der Waals surface area contributed by atoms with Crippen LogP contribution in [0.15, 0.2) is 0 Å². The highest BCUT2D eigenvalue weighted by Gasteiger charge is 2.48. The number of nitrogens with zero attached hydrogens (tertiary/aromatic N) is 2. The number of aromatic amines is 1. The summed E-state index contributed by atoms with van der Waals surface area (Å²) in [6.07, 6.45) is 3.38. The number of methoxy groups -OCH3 is 1. The van der Waals surface area contributed by atoms with Gasteiger partial charge in [-0.3, -0.25) is 10.1 Å². The van der Waals surface area contributed by atoms with Gasteiger partial charge in [-0.15, -0.1) is 5.10 Å². The molecule has 1 aromatic rings. The van der Waals surface area contributed by atoms with E-state index in [9.17, 15) is 4.79 Å². The number of amides is 1. The first-order valence-corrected chi connectivity index (χ1v) is 5.53. The number of carbonyl (C=O) groups excluding carboxylic acids is 1. The molecule has 0 bridgehead atoms. The van der Waals surface area contributed by atoms with E-state index in [-0.39, 0.29) is 17.8 Å². The molecule has 2 saturated carbocycles. The minimum Gasteiger partial charge on any atom is -0.466 e. The van der Waals surface area contributed by atoms with E-state index in [0.29, 0.717) is 5.95 Å². The van der Waals surface area contributed by atoms with Crippen LogP contribution in [-0.2, 0) is 4.79 Å². The lowest BCUT2D eigenvalue weighted by Gasteiger charge is -2.09. The lowest BCUT2D eigenvalue weighted by molar-refractivity contribution is -0.120. The molecule has 16 heavy (non-hydrogen) atoms. The summed E-state index contributed by atoms with van der Waals surface area (Å²) in [5.41, 5.74) is 0. The summed E-state index contributed by atoms with van der Waals surface area (Å²) in [6.45, 7) is 0. The Balaban J connectivity index is 1.59. The number of ether oxygens (including phenoxy) is 1. The van der Waals surface area contributed by atoms with Gasteiger partial charge in [-0.05, 0) is 31.1 Å². The zero-order valence-corrected chi connectivity index (χ0v) is 9.06. The number of fused-ring (bicyclic) bond motifs is 1. The van der Waals surface area contributed by atoms with E-state index in [4.69, 9.17) is 4.74 Å². The number of rotatable bonds is 3.